The summed E-state index contributed by atoms with van der Waals surface area (Å²) in [6.07, 6.45) is 0.400. The lowest BCUT2D eigenvalue weighted by atomic mass is 10.0. The molecule has 6 heteroatoms. The van der Waals surface area contributed by atoms with E-state index in [-0.39, 0.29) is 36.6 Å². The third kappa shape index (κ3) is 3.53. The second kappa shape index (κ2) is 7.21. The molecule has 0 N–H and O–H groups in total. The van der Waals surface area contributed by atoms with E-state index in [2.05, 4.69) is 0 Å². The molecule has 1 amide bonds. The third-order valence-electron chi connectivity index (χ3n) is 4.39. The van der Waals surface area contributed by atoms with Gasteiger partial charge in [-0.3, -0.25) is 9.59 Å². The van der Waals surface area contributed by atoms with E-state index in [9.17, 15) is 9.59 Å². The molecule has 1 fully saturated rings. The van der Waals surface area contributed by atoms with Gasteiger partial charge in [0.2, 0.25) is 5.91 Å². The summed E-state index contributed by atoms with van der Waals surface area (Å²) in [6, 6.07) is 5.26. The Balaban J connectivity index is 1.60. The normalized spacial score (nSPS) is 23.0. The first-order valence-electron chi connectivity index (χ1n) is 8.38. The van der Waals surface area contributed by atoms with Gasteiger partial charge in [0.15, 0.2) is 17.3 Å². The van der Waals surface area contributed by atoms with Crippen LogP contribution < -0.4 is 9.47 Å². The molecule has 0 aromatic heterocycles. The molecule has 0 radical (unpaired) electrons. The van der Waals surface area contributed by atoms with Gasteiger partial charge in [0, 0.05) is 18.4 Å². The molecule has 2 aliphatic rings. The van der Waals surface area contributed by atoms with E-state index in [4.69, 9.17) is 14.2 Å². The SMILES string of the molecule is CC1COCC(C)N1C(=O)CCC(=O)c1ccc2c(c1)OCCO2. The summed E-state index contributed by atoms with van der Waals surface area (Å²) in [5.41, 5.74) is 0.551. The van der Waals surface area contributed by atoms with Gasteiger partial charge in [-0.05, 0) is 32.0 Å². The fraction of sp³-hybridized carbons (Fsp3) is 0.556. The zero-order chi connectivity index (χ0) is 17.1. The molecule has 6 nitrogen and oxygen atoms in total. The topological polar surface area (TPSA) is 65.1 Å². The lowest BCUT2D eigenvalue weighted by Crippen LogP contribution is -2.52. The highest BCUT2D eigenvalue weighted by molar-refractivity contribution is 5.98. The molecule has 2 aliphatic heterocycles. The Morgan fingerprint density at radius 1 is 1.04 bits per heavy atom. The Hall–Kier alpha value is -2.08. The minimum Gasteiger partial charge on any atom is -0.486 e. The van der Waals surface area contributed by atoms with Crippen molar-refractivity contribution in [1.29, 1.82) is 0 Å². The maximum Gasteiger partial charge on any atom is 0.223 e. The van der Waals surface area contributed by atoms with Crippen LogP contribution in [0, 0.1) is 0 Å². The predicted molar refractivity (Wildman–Crippen MR) is 87.6 cm³/mol. The molecule has 130 valence electrons. The smallest absolute Gasteiger partial charge is 0.223 e. The Kier molecular flexibility index (Phi) is 5.04. The number of ether oxygens (including phenoxy) is 3. The molecule has 1 aromatic rings. The van der Waals surface area contributed by atoms with Crippen LogP contribution in [0.15, 0.2) is 18.2 Å². The van der Waals surface area contributed by atoms with Gasteiger partial charge >= 0.3 is 0 Å². The number of carbonyl (C=O) groups is 2. The van der Waals surface area contributed by atoms with Crippen molar-refractivity contribution in [2.75, 3.05) is 26.4 Å². The van der Waals surface area contributed by atoms with E-state index >= 15 is 0 Å². The average Bonchev–Trinajstić information content (AvgIpc) is 2.59. The van der Waals surface area contributed by atoms with Crippen LogP contribution in [-0.2, 0) is 9.53 Å². The number of benzene rings is 1. The number of hydrogen-bond donors (Lipinski definition) is 0. The van der Waals surface area contributed by atoms with E-state index in [1.54, 1.807) is 18.2 Å². The number of rotatable bonds is 4. The van der Waals surface area contributed by atoms with Crippen LogP contribution in [0.5, 0.6) is 11.5 Å². The number of ketones is 1. The highest BCUT2D eigenvalue weighted by atomic mass is 16.6. The van der Waals surface area contributed by atoms with Crippen molar-refractivity contribution in [2.24, 2.45) is 0 Å². The molecule has 0 bridgehead atoms. The standard InChI is InChI=1S/C18H23NO5/c1-12-10-22-11-13(2)19(12)18(21)6-4-15(20)14-3-5-16-17(9-14)24-8-7-23-16/h3,5,9,12-13H,4,6-8,10-11H2,1-2H3. The maximum absolute atomic E-state index is 12.5. The van der Waals surface area contributed by atoms with Gasteiger partial charge in [-0.2, -0.15) is 0 Å². The molecule has 1 aromatic carbocycles. The van der Waals surface area contributed by atoms with Gasteiger partial charge in [-0.25, -0.2) is 0 Å². The minimum atomic E-state index is -0.0612. The quantitative estimate of drug-likeness (QED) is 0.789. The molecule has 3 rings (SSSR count). The summed E-state index contributed by atoms with van der Waals surface area (Å²) in [7, 11) is 0. The molecular formula is C18H23NO5. The largest absolute Gasteiger partial charge is 0.486 e. The van der Waals surface area contributed by atoms with Crippen LogP contribution in [0.25, 0.3) is 0 Å². The summed E-state index contributed by atoms with van der Waals surface area (Å²) in [5.74, 6) is 1.19. The van der Waals surface area contributed by atoms with Crippen molar-refractivity contribution >= 4 is 11.7 Å². The van der Waals surface area contributed by atoms with Crippen molar-refractivity contribution in [3.8, 4) is 11.5 Å². The fourth-order valence-electron chi connectivity index (χ4n) is 3.21. The van der Waals surface area contributed by atoms with E-state index in [1.165, 1.54) is 0 Å². The van der Waals surface area contributed by atoms with Gasteiger partial charge in [0.05, 0.1) is 25.3 Å². The number of nitrogens with zero attached hydrogens (tertiary/aromatic N) is 1. The first-order chi connectivity index (χ1) is 11.6. The van der Waals surface area contributed by atoms with Crippen LogP contribution in [0.1, 0.15) is 37.0 Å². The Bertz CT molecular complexity index is 620. The molecule has 1 saturated heterocycles. The molecule has 0 spiro atoms. The van der Waals surface area contributed by atoms with Crippen molar-refractivity contribution < 1.29 is 23.8 Å². The second-order valence-corrected chi connectivity index (χ2v) is 6.32. The molecule has 0 saturated carbocycles. The average molecular weight is 333 g/mol. The van der Waals surface area contributed by atoms with Crippen LogP contribution in [0.4, 0.5) is 0 Å². The number of Topliss-reactive ketones (excluding diaryl/α,β-unsaturated/α-hetero) is 1. The van der Waals surface area contributed by atoms with E-state index in [1.807, 2.05) is 18.7 Å². The van der Waals surface area contributed by atoms with Crippen molar-refractivity contribution in [2.45, 2.75) is 38.8 Å². The molecule has 24 heavy (non-hydrogen) atoms. The van der Waals surface area contributed by atoms with Crippen LogP contribution in [-0.4, -0.2) is 55.1 Å². The van der Waals surface area contributed by atoms with Crippen molar-refractivity contribution in [3.63, 3.8) is 0 Å². The second-order valence-electron chi connectivity index (χ2n) is 6.32. The summed E-state index contributed by atoms with van der Waals surface area (Å²) in [5, 5.41) is 0. The monoisotopic (exact) mass is 333 g/mol. The minimum absolute atomic E-state index is 0.00388. The van der Waals surface area contributed by atoms with Gasteiger partial charge < -0.3 is 19.1 Å². The van der Waals surface area contributed by atoms with Gasteiger partial charge in [-0.15, -0.1) is 0 Å². The van der Waals surface area contributed by atoms with Crippen molar-refractivity contribution in [3.05, 3.63) is 23.8 Å². The highest BCUT2D eigenvalue weighted by Gasteiger charge is 2.29. The van der Waals surface area contributed by atoms with Crippen molar-refractivity contribution in [1.82, 2.24) is 4.90 Å². The number of amides is 1. The zero-order valence-corrected chi connectivity index (χ0v) is 14.1. The number of hydrogen-bond acceptors (Lipinski definition) is 5. The summed E-state index contributed by atoms with van der Waals surface area (Å²) < 4.78 is 16.4. The zero-order valence-electron chi connectivity index (χ0n) is 14.1. The predicted octanol–water partition coefficient (Wildman–Crippen LogP) is 2.06. The third-order valence-corrected chi connectivity index (χ3v) is 4.39. The number of carbonyl (C=O) groups excluding carboxylic acids is 2. The maximum atomic E-state index is 12.5. The fourth-order valence-corrected chi connectivity index (χ4v) is 3.21. The molecule has 0 aliphatic carbocycles. The molecule has 2 heterocycles. The van der Waals surface area contributed by atoms with E-state index in [0.717, 1.165) is 0 Å². The summed E-state index contributed by atoms with van der Waals surface area (Å²) in [4.78, 5) is 26.7. The summed E-state index contributed by atoms with van der Waals surface area (Å²) in [6.45, 7) is 6.03. The Morgan fingerprint density at radius 2 is 1.71 bits per heavy atom. The molecular weight excluding hydrogens is 310 g/mol. The van der Waals surface area contributed by atoms with Gasteiger partial charge in [0.25, 0.3) is 0 Å². The van der Waals surface area contributed by atoms with Crippen LogP contribution in [0.3, 0.4) is 0 Å². The van der Waals surface area contributed by atoms with E-state index in [0.29, 0.717) is 43.5 Å². The number of fused-ring (bicyclic) bond motifs is 1. The Labute approximate surface area is 141 Å². The van der Waals surface area contributed by atoms with Gasteiger partial charge in [-0.1, -0.05) is 0 Å². The number of morpholine rings is 1. The Morgan fingerprint density at radius 3 is 2.42 bits per heavy atom. The molecule has 2 unspecified atom stereocenters. The van der Waals surface area contributed by atoms with Crippen LogP contribution >= 0.6 is 0 Å². The van der Waals surface area contributed by atoms with E-state index < -0.39 is 0 Å². The first-order valence-corrected chi connectivity index (χ1v) is 8.38. The molecule has 2 atom stereocenters. The van der Waals surface area contributed by atoms with Crippen LogP contribution in [0.2, 0.25) is 0 Å². The highest BCUT2D eigenvalue weighted by Crippen LogP contribution is 2.31. The lowest BCUT2D eigenvalue weighted by molar-refractivity contribution is -0.144. The lowest BCUT2D eigenvalue weighted by Gasteiger charge is -2.38. The first kappa shape index (κ1) is 16.8. The summed E-state index contributed by atoms with van der Waals surface area (Å²) >= 11 is 0. The van der Waals surface area contributed by atoms with Gasteiger partial charge in [0.1, 0.15) is 13.2 Å².